The zero-order valence-electron chi connectivity index (χ0n) is 25.7. The zero-order valence-corrected chi connectivity index (χ0v) is 25.7. The predicted octanol–water partition coefficient (Wildman–Crippen LogP) is 11.7. The number of benzene rings is 6. The molecule has 2 nitrogen and oxygen atoms in total. The molecular weight excluding hydrogens is 532 g/mol. The lowest BCUT2D eigenvalue weighted by molar-refractivity contribution is 0.763. The lowest BCUT2D eigenvalue weighted by Crippen LogP contribution is -2.10. The zero-order chi connectivity index (χ0) is 30.0. The summed E-state index contributed by atoms with van der Waals surface area (Å²) in [7, 11) is 0. The second-order valence-corrected chi connectivity index (χ2v) is 12.1. The maximum atomic E-state index is 2.43. The topological polar surface area (TPSA) is 8.17 Å². The minimum Gasteiger partial charge on any atom is -0.311 e. The van der Waals surface area contributed by atoms with Gasteiger partial charge in [-0.15, -0.1) is 0 Å². The average molecular weight is 571 g/mol. The van der Waals surface area contributed by atoms with Crippen molar-refractivity contribution in [2.45, 2.75) is 39.0 Å². The lowest BCUT2D eigenvalue weighted by Gasteiger charge is -2.26. The van der Waals surface area contributed by atoms with E-state index in [0.717, 1.165) is 23.5 Å². The molecule has 0 spiro atoms. The number of hydrogen-bond donors (Lipinski definition) is 0. The average Bonchev–Trinajstić information content (AvgIpc) is 3.41. The third kappa shape index (κ3) is 5.18. The van der Waals surface area contributed by atoms with Crippen molar-refractivity contribution in [2.75, 3.05) is 4.90 Å². The fraction of sp³-hybridized carbons (Fsp3) is 0.143. The first-order valence-corrected chi connectivity index (χ1v) is 15.7. The molecule has 44 heavy (non-hydrogen) atoms. The number of para-hydroxylation sites is 3. The van der Waals surface area contributed by atoms with Crippen molar-refractivity contribution in [3.8, 4) is 5.69 Å². The third-order valence-corrected chi connectivity index (χ3v) is 8.88. The molecule has 1 aromatic heterocycles. The fourth-order valence-corrected chi connectivity index (χ4v) is 6.55. The van der Waals surface area contributed by atoms with Gasteiger partial charge in [-0.25, -0.2) is 0 Å². The maximum absolute atomic E-state index is 2.43. The molecule has 0 bridgehead atoms. The van der Waals surface area contributed by atoms with Gasteiger partial charge in [-0.05, 0) is 95.6 Å². The van der Waals surface area contributed by atoms with Crippen LogP contribution in [-0.2, 0) is 6.42 Å². The molecule has 2 heteroatoms. The molecule has 0 aliphatic rings. The molecule has 0 aliphatic heterocycles. The summed E-state index contributed by atoms with van der Waals surface area (Å²) in [6.07, 6.45) is 0.970. The van der Waals surface area contributed by atoms with Crippen LogP contribution in [0.25, 0.3) is 27.5 Å². The number of fused-ring (bicyclic) bond motifs is 3. The molecule has 1 atom stereocenters. The summed E-state index contributed by atoms with van der Waals surface area (Å²) in [4.78, 5) is 2.32. The van der Waals surface area contributed by atoms with Crippen LogP contribution in [0.5, 0.6) is 0 Å². The smallest absolute Gasteiger partial charge is 0.0543 e. The van der Waals surface area contributed by atoms with Crippen LogP contribution in [-0.4, -0.2) is 4.57 Å². The van der Waals surface area contributed by atoms with Crippen LogP contribution in [0.4, 0.5) is 17.1 Å². The Morgan fingerprint density at radius 3 is 1.68 bits per heavy atom. The van der Waals surface area contributed by atoms with Crippen LogP contribution in [0.2, 0.25) is 0 Å². The number of anilines is 3. The Hall–Kier alpha value is -5.08. The first kappa shape index (κ1) is 27.7. The van der Waals surface area contributed by atoms with E-state index < -0.39 is 0 Å². The highest BCUT2D eigenvalue weighted by Crippen LogP contribution is 2.38. The Balaban J connectivity index is 1.23. The third-order valence-electron chi connectivity index (χ3n) is 8.88. The van der Waals surface area contributed by atoms with Crippen molar-refractivity contribution in [1.29, 1.82) is 0 Å². The van der Waals surface area contributed by atoms with Crippen LogP contribution in [0.1, 0.15) is 49.3 Å². The molecule has 0 radical (unpaired) electrons. The summed E-state index contributed by atoms with van der Waals surface area (Å²) in [5.74, 6) is 0.882. The van der Waals surface area contributed by atoms with E-state index in [9.17, 15) is 0 Å². The van der Waals surface area contributed by atoms with Crippen molar-refractivity contribution in [3.63, 3.8) is 0 Å². The molecule has 0 aliphatic carbocycles. The molecule has 6 aromatic carbocycles. The second-order valence-electron chi connectivity index (χ2n) is 12.1. The van der Waals surface area contributed by atoms with Crippen molar-refractivity contribution >= 4 is 38.9 Å². The van der Waals surface area contributed by atoms with Gasteiger partial charge in [-0.1, -0.05) is 112 Å². The molecule has 1 heterocycles. The molecule has 1 unspecified atom stereocenters. The van der Waals surface area contributed by atoms with E-state index in [-0.39, 0.29) is 0 Å². The first-order valence-electron chi connectivity index (χ1n) is 15.7. The predicted molar refractivity (Wildman–Crippen MR) is 188 cm³/mol. The monoisotopic (exact) mass is 570 g/mol. The van der Waals surface area contributed by atoms with Crippen LogP contribution in [0.3, 0.4) is 0 Å². The van der Waals surface area contributed by atoms with E-state index in [4.69, 9.17) is 0 Å². The van der Waals surface area contributed by atoms with Gasteiger partial charge in [-0.2, -0.15) is 0 Å². The number of rotatable bonds is 8. The second kappa shape index (κ2) is 11.9. The van der Waals surface area contributed by atoms with E-state index in [1.807, 2.05) is 0 Å². The van der Waals surface area contributed by atoms with Crippen molar-refractivity contribution in [3.05, 3.63) is 168 Å². The van der Waals surface area contributed by atoms with Gasteiger partial charge in [0.15, 0.2) is 0 Å². The minimum absolute atomic E-state index is 0.365. The van der Waals surface area contributed by atoms with E-state index >= 15 is 0 Å². The van der Waals surface area contributed by atoms with Gasteiger partial charge in [0.2, 0.25) is 0 Å². The molecule has 0 fully saturated rings. The van der Waals surface area contributed by atoms with E-state index in [0.29, 0.717) is 11.8 Å². The van der Waals surface area contributed by atoms with Crippen LogP contribution in [0, 0.1) is 0 Å². The summed E-state index contributed by atoms with van der Waals surface area (Å²) in [6.45, 7) is 6.85. The highest BCUT2D eigenvalue weighted by atomic mass is 15.1. The lowest BCUT2D eigenvalue weighted by atomic mass is 9.91. The van der Waals surface area contributed by atoms with Crippen LogP contribution < -0.4 is 4.90 Å². The Labute approximate surface area is 260 Å². The summed E-state index contributed by atoms with van der Waals surface area (Å²) >= 11 is 0. The molecule has 0 N–H and O–H groups in total. The van der Waals surface area contributed by atoms with Gasteiger partial charge >= 0.3 is 0 Å². The van der Waals surface area contributed by atoms with Crippen LogP contribution in [0.15, 0.2) is 152 Å². The fourth-order valence-electron chi connectivity index (χ4n) is 6.55. The van der Waals surface area contributed by atoms with E-state index in [1.165, 1.54) is 44.2 Å². The van der Waals surface area contributed by atoms with Gasteiger partial charge < -0.3 is 9.47 Å². The number of nitrogens with zero attached hydrogens (tertiary/aromatic N) is 2. The molecule has 0 saturated carbocycles. The first-order chi connectivity index (χ1) is 21.6. The summed E-state index contributed by atoms with van der Waals surface area (Å²) in [5, 5.41) is 2.67. The quantitative estimate of drug-likeness (QED) is 0.176. The minimum atomic E-state index is 0.365. The largest absolute Gasteiger partial charge is 0.311 e. The van der Waals surface area contributed by atoms with Gasteiger partial charge in [0.1, 0.15) is 0 Å². The molecule has 216 valence electrons. The van der Waals surface area contributed by atoms with Crippen molar-refractivity contribution in [1.82, 2.24) is 4.57 Å². The number of aromatic nitrogens is 1. The highest BCUT2D eigenvalue weighted by Gasteiger charge is 2.18. The molecule has 7 rings (SSSR count). The van der Waals surface area contributed by atoms with Crippen molar-refractivity contribution in [2.24, 2.45) is 0 Å². The Morgan fingerprint density at radius 1 is 0.500 bits per heavy atom. The van der Waals surface area contributed by atoms with Gasteiger partial charge in [-0.3, -0.25) is 0 Å². The molecular formula is C42H38N2. The van der Waals surface area contributed by atoms with Crippen LogP contribution >= 0.6 is 0 Å². The molecule has 0 amide bonds. The Kier molecular flexibility index (Phi) is 7.50. The maximum Gasteiger partial charge on any atom is 0.0543 e. The van der Waals surface area contributed by atoms with Crippen molar-refractivity contribution < 1.29 is 0 Å². The normalized spacial score (nSPS) is 12.2. The SMILES string of the molecule is CC(C)c1ccc(-n2c3ccccc3c3c(CC(C)c4ccc(N(c5ccccc5)c5ccccc5)cc4)cccc32)cc1. The summed E-state index contributed by atoms with van der Waals surface area (Å²) < 4.78 is 2.43. The van der Waals surface area contributed by atoms with Gasteiger partial charge in [0.25, 0.3) is 0 Å². The van der Waals surface area contributed by atoms with Gasteiger partial charge in [0, 0.05) is 33.5 Å². The standard InChI is InChI=1S/C42H38N2/c1-30(2)32-21-25-38(26-22-32)44-40-19-11-10-18-39(40)42-34(13-12-20-41(42)44)29-31(3)33-23-27-37(28-24-33)43(35-14-6-4-7-15-35)36-16-8-5-9-17-36/h4-28,30-31H,29H2,1-3H3. The highest BCUT2D eigenvalue weighted by molar-refractivity contribution is 6.11. The Morgan fingerprint density at radius 2 is 1.05 bits per heavy atom. The summed E-state index contributed by atoms with van der Waals surface area (Å²) in [6, 6.07) is 55.1. The Bertz CT molecular complexity index is 1960. The van der Waals surface area contributed by atoms with E-state index in [1.54, 1.807) is 0 Å². The number of hydrogen-bond acceptors (Lipinski definition) is 1. The van der Waals surface area contributed by atoms with E-state index in [2.05, 4.69) is 182 Å². The molecule has 0 saturated heterocycles. The van der Waals surface area contributed by atoms with Gasteiger partial charge in [0.05, 0.1) is 11.0 Å². The summed E-state index contributed by atoms with van der Waals surface area (Å²) in [5.41, 5.74) is 11.3. The molecule has 7 aromatic rings.